The maximum atomic E-state index is 11.8. The molecule has 5 heteroatoms. The van der Waals surface area contributed by atoms with Crippen LogP contribution >= 0.6 is 23.2 Å². The summed E-state index contributed by atoms with van der Waals surface area (Å²) in [5.74, 6) is 0. The zero-order valence-corrected chi connectivity index (χ0v) is 15.0. The smallest absolute Gasteiger partial charge is 0.336 e. The molecule has 24 heavy (non-hydrogen) atoms. The van der Waals surface area contributed by atoms with Crippen LogP contribution in [-0.4, -0.2) is 0 Å². The minimum Gasteiger partial charge on any atom is -0.423 e. The largest absolute Gasteiger partial charge is 0.423 e. The predicted octanol–water partition coefficient (Wildman–Crippen LogP) is 3.98. The second kappa shape index (κ2) is 6.98. The van der Waals surface area contributed by atoms with Crippen molar-refractivity contribution in [1.82, 2.24) is 0 Å². The van der Waals surface area contributed by atoms with Gasteiger partial charge in [-0.1, -0.05) is 29.3 Å². The molecule has 0 fully saturated rings. The second-order valence-electron chi connectivity index (χ2n) is 5.96. The van der Waals surface area contributed by atoms with E-state index in [1.54, 1.807) is 12.1 Å². The third kappa shape index (κ3) is 3.64. The number of quaternary nitrogens is 1. The van der Waals surface area contributed by atoms with Gasteiger partial charge < -0.3 is 9.73 Å². The molecule has 2 aromatic carbocycles. The maximum Gasteiger partial charge on any atom is 0.336 e. The van der Waals surface area contributed by atoms with Crippen LogP contribution in [0.25, 0.3) is 11.0 Å². The van der Waals surface area contributed by atoms with Crippen LogP contribution in [0.4, 0.5) is 0 Å². The fraction of sp³-hybridized carbons (Fsp3) is 0.211. The Labute approximate surface area is 150 Å². The van der Waals surface area contributed by atoms with Crippen molar-refractivity contribution < 1.29 is 9.73 Å². The molecule has 1 aromatic heterocycles. The first-order valence-corrected chi connectivity index (χ1v) is 8.49. The average Bonchev–Trinajstić information content (AvgIpc) is 2.51. The van der Waals surface area contributed by atoms with Crippen molar-refractivity contribution in [2.45, 2.75) is 26.9 Å². The first kappa shape index (κ1) is 17.0. The van der Waals surface area contributed by atoms with Crippen molar-refractivity contribution in [2.75, 3.05) is 0 Å². The topological polar surface area (TPSA) is 46.8 Å². The fourth-order valence-corrected chi connectivity index (χ4v) is 3.21. The van der Waals surface area contributed by atoms with Gasteiger partial charge in [-0.2, -0.15) is 0 Å². The number of rotatable bonds is 4. The van der Waals surface area contributed by atoms with Gasteiger partial charge in [0.15, 0.2) is 0 Å². The Morgan fingerprint density at radius 2 is 1.67 bits per heavy atom. The highest BCUT2D eigenvalue weighted by atomic mass is 35.5. The molecule has 1 heterocycles. The molecule has 0 radical (unpaired) electrons. The van der Waals surface area contributed by atoms with Gasteiger partial charge in [0.25, 0.3) is 0 Å². The van der Waals surface area contributed by atoms with E-state index in [2.05, 4.69) is 18.3 Å². The zero-order chi connectivity index (χ0) is 17.3. The van der Waals surface area contributed by atoms with E-state index in [0.29, 0.717) is 28.7 Å². The summed E-state index contributed by atoms with van der Waals surface area (Å²) in [6.45, 7) is 5.45. The van der Waals surface area contributed by atoms with Crippen molar-refractivity contribution in [3.63, 3.8) is 0 Å². The number of halogens is 2. The summed E-state index contributed by atoms with van der Waals surface area (Å²) in [4.78, 5) is 11.8. The van der Waals surface area contributed by atoms with Crippen LogP contribution in [0.5, 0.6) is 0 Å². The summed E-state index contributed by atoms with van der Waals surface area (Å²) in [6.07, 6.45) is 0. The lowest BCUT2D eigenvalue weighted by Crippen LogP contribution is -2.80. The number of hydrogen-bond acceptors (Lipinski definition) is 2. The van der Waals surface area contributed by atoms with Crippen molar-refractivity contribution in [3.8, 4) is 0 Å². The van der Waals surface area contributed by atoms with Gasteiger partial charge in [0.1, 0.15) is 18.7 Å². The Balaban J connectivity index is 1.84. The number of nitrogens with two attached hydrogens (primary N) is 1. The van der Waals surface area contributed by atoms with Crippen molar-refractivity contribution in [3.05, 3.63) is 79.1 Å². The first-order chi connectivity index (χ1) is 11.4. The molecule has 0 aliphatic heterocycles. The molecule has 0 atom stereocenters. The molecule has 0 saturated carbocycles. The normalized spacial score (nSPS) is 11.2. The van der Waals surface area contributed by atoms with Gasteiger partial charge in [-0.05, 0) is 49.2 Å². The Hall–Kier alpha value is -1.81. The molecule has 0 aliphatic carbocycles. The lowest BCUT2D eigenvalue weighted by Gasteiger charge is -2.08. The van der Waals surface area contributed by atoms with E-state index in [0.717, 1.165) is 22.1 Å². The van der Waals surface area contributed by atoms with Gasteiger partial charge in [-0.3, -0.25) is 0 Å². The highest BCUT2D eigenvalue weighted by Gasteiger charge is 2.10. The van der Waals surface area contributed by atoms with Crippen molar-refractivity contribution in [2.24, 2.45) is 0 Å². The minimum atomic E-state index is -0.321. The number of hydrogen-bond donors (Lipinski definition) is 1. The molecular formula is C19H18Cl2NO2+. The third-order valence-corrected chi connectivity index (χ3v) is 4.78. The first-order valence-electron chi connectivity index (χ1n) is 7.73. The summed E-state index contributed by atoms with van der Waals surface area (Å²) in [5, 5.41) is 4.37. The molecular weight excluding hydrogens is 345 g/mol. The van der Waals surface area contributed by atoms with Gasteiger partial charge in [0.05, 0.1) is 5.02 Å². The standard InChI is InChI=1S/C19H17Cl2NO2/c1-11-5-16-14(7-19(23)24-18(16)6-12(11)2)10-22-9-13-3-4-15(20)8-17(13)21/h3-8,22H,9-10H2,1-2H3/p+1. The fourth-order valence-electron chi connectivity index (χ4n) is 2.72. The molecule has 3 nitrogen and oxygen atoms in total. The lowest BCUT2D eigenvalue weighted by atomic mass is 10.0. The van der Waals surface area contributed by atoms with E-state index in [-0.39, 0.29) is 5.63 Å². The van der Waals surface area contributed by atoms with Crippen LogP contribution in [0.2, 0.25) is 10.0 Å². The summed E-state index contributed by atoms with van der Waals surface area (Å²) in [5.41, 5.74) is 4.59. The van der Waals surface area contributed by atoms with E-state index in [4.69, 9.17) is 27.6 Å². The SMILES string of the molecule is Cc1cc2oc(=O)cc(C[NH2+]Cc3ccc(Cl)cc3Cl)c2cc1C. The van der Waals surface area contributed by atoms with E-state index in [9.17, 15) is 4.79 Å². The van der Waals surface area contributed by atoms with Gasteiger partial charge in [-0.15, -0.1) is 0 Å². The van der Waals surface area contributed by atoms with Crippen LogP contribution in [0.15, 0.2) is 45.6 Å². The van der Waals surface area contributed by atoms with Gasteiger partial charge >= 0.3 is 5.63 Å². The second-order valence-corrected chi connectivity index (χ2v) is 6.80. The van der Waals surface area contributed by atoms with Crippen LogP contribution < -0.4 is 10.9 Å². The Kier molecular flexibility index (Phi) is 4.95. The Morgan fingerprint density at radius 1 is 0.958 bits per heavy atom. The predicted molar refractivity (Wildman–Crippen MR) is 97.8 cm³/mol. The van der Waals surface area contributed by atoms with Gasteiger partial charge in [0.2, 0.25) is 0 Å². The number of benzene rings is 2. The van der Waals surface area contributed by atoms with Gasteiger partial charge in [0, 0.05) is 27.6 Å². The maximum absolute atomic E-state index is 11.8. The Morgan fingerprint density at radius 3 is 2.42 bits per heavy atom. The monoisotopic (exact) mass is 362 g/mol. The molecule has 0 unspecified atom stereocenters. The van der Waals surface area contributed by atoms with Crippen LogP contribution in [0.1, 0.15) is 22.3 Å². The summed E-state index contributed by atoms with van der Waals surface area (Å²) >= 11 is 12.1. The zero-order valence-electron chi connectivity index (χ0n) is 13.5. The molecule has 124 valence electrons. The molecule has 0 spiro atoms. The summed E-state index contributed by atoms with van der Waals surface area (Å²) in [6, 6.07) is 11.1. The highest BCUT2D eigenvalue weighted by Crippen LogP contribution is 2.22. The molecule has 2 N–H and O–H groups in total. The average molecular weight is 363 g/mol. The van der Waals surface area contributed by atoms with Crippen molar-refractivity contribution in [1.29, 1.82) is 0 Å². The molecule has 0 aliphatic rings. The van der Waals surface area contributed by atoms with E-state index in [1.165, 1.54) is 5.56 Å². The van der Waals surface area contributed by atoms with E-state index < -0.39 is 0 Å². The van der Waals surface area contributed by atoms with Crippen LogP contribution in [-0.2, 0) is 13.1 Å². The third-order valence-electron chi connectivity index (χ3n) is 4.19. The highest BCUT2D eigenvalue weighted by molar-refractivity contribution is 6.35. The lowest BCUT2D eigenvalue weighted by molar-refractivity contribution is -0.686. The van der Waals surface area contributed by atoms with E-state index in [1.807, 2.05) is 25.1 Å². The summed E-state index contributed by atoms with van der Waals surface area (Å²) < 4.78 is 5.33. The molecule has 0 saturated heterocycles. The summed E-state index contributed by atoms with van der Waals surface area (Å²) in [7, 11) is 0. The molecule has 0 bridgehead atoms. The Bertz CT molecular complexity index is 963. The van der Waals surface area contributed by atoms with E-state index >= 15 is 0 Å². The minimum absolute atomic E-state index is 0.321. The van der Waals surface area contributed by atoms with Gasteiger partial charge in [-0.25, -0.2) is 4.79 Å². The molecule has 3 rings (SSSR count). The van der Waals surface area contributed by atoms with Crippen LogP contribution in [0.3, 0.4) is 0 Å². The number of fused-ring (bicyclic) bond motifs is 1. The molecule has 3 aromatic rings. The van der Waals surface area contributed by atoms with Crippen LogP contribution in [0, 0.1) is 13.8 Å². The quantitative estimate of drug-likeness (QED) is 0.713. The van der Waals surface area contributed by atoms with Crippen molar-refractivity contribution >= 4 is 34.2 Å². The molecule has 0 amide bonds. The number of aryl methyl sites for hydroxylation is 2.